The van der Waals surface area contributed by atoms with Crippen molar-refractivity contribution in [1.82, 2.24) is 87.6 Å². The average Bonchev–Trinajstić information content (AvgIpc) is 1.54. The van der Waals surface area contributed by atoms with Gasteiger partial charge in [0.15, 0.2) is 0 Å². The Morgan fingerprint density at radius 2 is 1.04 bits per heavy atom. The highest BCUT2D eigenvalue weighted by Crippen LogP contribution is 2.28. The van der Waals surface area contributed by atoms with Gasteiger partial charge in [0.1, 0.15) is 90.3 Å². The Bertz CT molecular complexity index is 4910. The SMILES string of the molecule is CC(C)C[C@@H]1NC(=O)[C@H](CN)NC(=O)[C@@H]2CCCN2C(=O)[C@H](CC(N)=O)NC(=O)[C@H](C)N(C)C(=O)[C@H](Cc2ccc(O)cc2)NC(=O)CSC[C@H](C(=O)NCC(N)=O)NC(=O)[C@@H](CCCN)NC(=O)[C@H]2CCC/C=C\CCC[C@@H](C(=O)N2C)N(C)C(=O)[C@H](Cc2c[nH]c3ccccc23)NC(=O)[C@H](CO)NC(=O)[C@@H](Cc2c[nH]c3ccccc23)NC(=O)[C@@H]2C[C@@H](O)CN2C1=O. The Morgan fingerprint density at radius 3 is 1.65 bits per heavy atom. The third-order valence-electron chi connectivity index (χ3n) is 23.5. The Balaban J connectivity index is 1.08. The van der Waals surface area contributed by atoms with Crippen molar-refractivity contribution < 1.29 is 96.8 Å². The predicted molar refractivity (Wildman–Crippen MR) is 473 cm³/mol. The molecule has 17 amide bonds. The predicted octanol–water partition coefficient (Wildman–Crippen LogP) is -3.93. The van der Waals surface area contributed by atoms with E-state index in [0.29, 0.717) is 64.2 Å². The summed E-state index contributed by atoms with van der Waals surface area (Å²) in [6.45, 7) is 1.79. The van der Waals surface area contributed by atoms with Crippen LogP contribution in [-0.4, -0.2) is 313 Å². The minimum Gasteiger partial charge on any atom is -0.508 e. The number of hydrogen-bond donors (Lipinski definition) is 19. The zero-order valence-electron chi connectivity index (χ0n) is 73.2. The standard InChI is InChI=1S/C87H121N21O20S/c1-47(2)33-60-86(127)108-43-53(111)37-70(108)82(123)97-59(35-50-40-92-56-21-15-13-19-54(50)56)77(118)102-65(44-109)79(120)100-62(36-51-41-93-57-22-16-14-20-55(51)57)84(125)106(6)69-25-12-10-8-7-9-11-24-67(105(5)87(69)128)80(121)96-58(23-17-31-88)76(117)103-66(75(116)94-42-72(91)113)45-129-46-73(114)95-61(34-49-27-29-52(110)30-28-49)83(124)104(4)48(3)74(115)98-63(38-71(90)112)85(126)107-32-18-26-68(107)81(122)101-64(39-89)78(119)99-60/h7-8,13-16,19-22,27-30,40-41,47-48,53,58-70,92-93,109-111H,9-12,17-18,23-26,31-39,42-46,88-89H2,1-6H3,(H2,90,112)(H2,91,113)(H,94,116)(H,95,114)(H,96,121)(H,97,123)(H,98,115)(H,99,119)(H,100,120)(H,101,122)(H,102,118)(H,103,117)/b8-7-/t48-,53+,58+,59+,60-,61-,62-,63-,64-,65-,66+,67+,68-,69-,70-/m0/s1. The quantitative estimate of drug-likeness (QED) is 0.0373. The first-order chi connectivity index (χ1) is 61.5. The van der Waals surface area contributed by atoms with E-state index in [1.54, 1.807) is 74.8 Å². The molecule has 42 heteroatoms. The van der Waals surface area contributed by atoms with Crippen molar-refractivity contribution in [2.45, 2.75) is 214 Å². The minimum absolute atomic E-state index is 0.00202. The lowest BCUT2D eigenvalue weighted by Crippen LogP contribution is -2.62. The first kappa shape index (κ1) is 100. The number of carbonyl (C=O) groups is 17. The number of aliphatic hydroxyl groups is 2. The number of allylic oxidation sites excluding steroid dienone is 2. The van der Waals surface area contributed by atoms with E-state index in [2.05, 4.69) is 63.1 Å². The molecular weight excluding hydrogens is 1690 g/mol. The maximum absolute atomic E-state index is 15.7. The van der Waals surface area contributed by atoms with Crippen molar-refractivity contribution in [1.29, 1.82) is 0 Å². The van der Waals surface area contributed by atoms with Crippen LogP contribution in [0.2, 0.25) is 0 Å². The monoisotopic (exact) mass is 1810 g/mol. The van der Waals surface area contributed by atoms with Gasteiger partial charge in [-0.25, -0.2) is 0 Å². The van der Waals surface area contributed by atoms with Crippen LogP contribution in [0.25, 0.3) is 21.8 Å². The van der Waals surface area contributed by atoms with E-state index >= 15 is 33.6 Å². The Hall–Kier alpha value is -12.5. The second-order valence-electron chi connectivity index (χ2n) is 33.4. The molecule has 0 radical (unpaired) electrons. The Labute approximate surface area is 749 Å². The molecule has 4 aliphatic rings. The number of hydrogen-bond acceptors (Lipinski definition) is 23. The van der Waals surface area contributed by atoms with Crippen LogP contribution in [0.1, 0.15) is 121 Å². The minimum atomic E-state index is -1.88. The van der Waals surface area contributed by atoms with E-state index in [-0.39, 0.29) is 95.4 Å². The zero-order valence-corrected chi connectivity index (χ0v) is 74.0. The first-order valence-corrected chi connectivity index (χ1v) is 44.4. The maximum atomic E-state index is 15.7. The second kappa shape index (κ2) is 47.5. The number of primary amides is 2. The van der Waals surface area contributed by atoms with E-state index in [9.17, 15) is 63.3 Å². The van der Waals surface area contributed by atoms with Crippen molar-refractivity contribution in [3.63, 3.8) is 0 Å². The number of carbonyl (C=O) groups excluding carboxylic acids is 17. The summed E-state index contributed by atoms with van der Waals surface area (Å²) >= 11 is 0.779. The number of fused-ring (bicyclic) bond motifs is 7. The summed E-state index contributed by atoms with van der Waals surface area (Å²) in [5, 5.41) is 60.1. The molecule has 0 aliphatic carbocycles. The van der Waals surface area contributed by atoms with Crippen LogP contribution in [0, 0.1) is 5.92 Å². The van der Waals surface area contributed by atoms with Gasteiger partial charge in [0.05, 0.1) is 31.4 Å². The molecule has 700 valence electrons. The van der Waals surface area contributed by atoms with Gasteiger partial charge in [-0.3, -0.25) is 81.5 Å². The number of nitrogens with one attached hydrogen (secondary N) is 12. The first-order valence-electron chi connectivity index (χ1n) is 43.3. The van der Waals surface area contributed by atoms with Crippen LogP contribution in [-0.2, 0) is 101 Å². The number of aromatic hydroxyl groups is 1. The lowest BCUT2D eigenvalue weighted by Gasteiger charge is -2.36. The topological polar surface area (TPSA) is 623 Å². The summed E-state index contributed by atoms with van der Waals surface area (Å²) in [7, 11) is 3.93. The molecular formula is C87H121N21O20S. The summed E-state index contributed by atoms with van der Waals surface area (Å²) < 4.78 is 0. The van der Waals surface area contributed by atoms with Gasteiger partial charge >= 0.3 is 0 Å². The summed E-state index contributed by atoms with van der Waals surface area (Å²) in [5.74, 6) is -17.4. The molecule has 129 heavy (non-hydrogen) atoms. The smallest absolute Gasteiger partial charge is 0.246 e. The van der Waals surface area contributed by atoms with Gasteiger partial charge in [0.2, 0.25) is 100 Å². The number of nitrogens with two attached hydrogens (primary N) is 4. The molecule has 41 nitrogen and oxygen atoms in total. The number of nitrogens with zero attached hydrogens (tertiary/aromatic N) is 5. The van der Waals surface area contributed by atoms with Crippen molar-refractivity contribution in [2.24, 2.45) is 28.9 Å². The van der Waals surface area contributed by atoms with Crippen LogP contribution in [0.3, 0.4) is 0 Å². The number of aromatic amines is 2. The van der Waals surface area contributed by atoms with E-state index in [4.69, 9.17) is 22.9 Å². The molecule has 3 fully saturated rings. The molecule has 2 bridgehead atoms. The van der Waals surface area contributed by atoms with Crippen molar-refractivity contribution >= 4 is 134 Å². The van der Waals surface area contributed by atoms with Crippen LogP contribution < -0.4 is 76.1 Å². The summed E-state index contributed by atoms with van der Waals surface area (Å²) in [5.41, 5.74) is 26.0. The van der Waals surface area contributed by atoms with Crippen LogP contribution in [0.4, 0.5) is 0 Å². The van der Waals surface area contributed by atoms with Gasteiger partial charge in [-0.05, 0) is 131 Å². The molecule has 3 aromatic carbocycles. The lowest BCUT2D eigenvalue weighted by molar-refractivity contribution is -0.149. The highest BCUT2D eigenvalue weighted by Gasteiger charge is 2.47. The van der Waals surface area contributed by atoms with Crippen molar-refractivity contribution in [3.05, 3.63) is 114 Å². The largest absolute Gasteiger partial charge is 0.508 e. The molecule has 4 aliphatic heterocycles. The van der Waals surface area contributed by atoms with Gasteiger partial charge < -0.3 is 126 Å². The summed E-state index contributed by atoms with van der Waals surface area (Å²) in [6.07, 6.45) is 5.28. The fraction of sp³-hybridized carbons (Fsp3) is 0.529. The number of para-hydroxylation sites is 2. The van der Waals surface area contributed by atoms with E-state index < -0.39 is 235 Å². The Kier molecular flexibility index (Phi) is 36.9. The Morgan fingerprint density at radius 1 is 0.527 bits per heavy atom. The van der Waals surface area contributed by atoms with Gasteiger partial charge in [-0.2, -0.15) is 0 Å². The molecule has 0 saturated carbocycles. The number of aliphatic hydroxyl groups excluding tert-OH is 2. The number of aromatic nitrogens is 2. The molecule has 2 aromatic heterocycles. The van der Waals surface area contributed by atoms with Gasteiger partial charge in [-0.1, -0.05) is 74.5 Å². The normalized spacial score (nSPS) is 26.4. The number of phenols is 1. The van der Waals surface area contributed by atoms with Gasteiger partial charge in [0, 0.05) is 106 Å². The third-order valence-corrected chi connectivity index (χ3v) is 24.5. The maximum Gasteiger partial charge on any atom is 0.246 e. The molecule has 15 atom stereocenters. The van der Waals surface area contributed by atoms with E-state index in [0.717, 1.165) is 36.3 Å². The zero-order chi connectivity index (χ0) is 94.0. The van der Waals surface area contributed by atoms with Crippen LogP contribution in [0.15, 0.2) is 97.3 Å². The molecule has 5 aromatic rings. The summed E-state index contributed by atoms with van der Waals surface area (Å²) in [4.78, 5) is 259. The number of rotatable bonds is 18. The van der Waals surface area contributed by atoms with Gasteiger partial charge in [0.25, 0.3) is 0 Å². The number of phenolic OH excluding ortho intramolecular Hbond substituents is 1. The lowest BCUT2D eigenvalue weighted by atomic mass is 9.99. The summed E-state index contributed by atoms with van der Waals surface area (Å²) in [6, 6.07) is -1.95. The molecule has 9 rings (SSSR count). The molecule has 23 N–H and O–H groups in total. The molecule has 0 unspecified atom stereocenters. The van der Waals surface area contributed by atoms with E-state index in [1.807, 2.05) is 12.2 Å². The molecule has 3 saturated heterocycles. The van der Waals surface area contributed by atoms with Gasteiger partial charge in [-0.15, -0.1) is 11.8 Å². The fourth-order valence-electron chi connectivity index (χ4n) is 16.3. The fourth-order valence-corrected chi connectivity index (χ4v) is 17.1. The number of likely N-dealkylation sites (N-methyl/N-ethyl adjacent to an activating group) is 3. The number of benzene rings is 3. The van der Waals surface area contributed by atoms with Crippen molar-refractivity contribution in [2.75, 3.05) is 72.0 Å². The van der Waals surface area contributed by atoms with E-state index in [1.165, 1.54) is 52.3 Å². The number of H-pyrrole nitrogens is 2. The molecule has 6 heterocycles. The molecule has 0 spiro atoms. The number of amides is 17. The highest BCUT2D eigenvalue weighted by atomic mass is 32.2. The average molecular weight is 1810 g/mol. The third kappa shape index (κ3) is 27.3. The second-order valence-corrected chi connectivity index (χ2v) is 34.5. The number of thioether (sulfide) groups is 1. The highest BCUT2D eigenvalue weighted by molar-refractivity contribution is 8.00. The van der Waals surface area contributed by atoms with Crippen LogP contribution >= 0.6 is 11.8 Å². The van der Waals surface area contributed by atoms with Crippen molar-refractivity contribution in [3.8, 4) is 5.75 Å². The van der Waals surface area contributed by atoms with Crippen LogP contribution in [0.5, 0.6) is 5.75 Å².